The summed E-state index contributed by atoms with van der Waals surface area (Å²) in [5.74, 6) is -1.87. The molecule has 1 aliphatic heterocycles. The average molecular weight is 299 g/mol. The number of Topliss-reactive ketones (excluding diaryl/α,β-unsaturated/α-hetero) is 2. The fourth-order valence-corrected chi connectivity index (χ4v) is 2.09. The molecule has 0 saturated carbocycles. The number of ketones is 2. The number of carbonyl (C=O) groups is 3. The fraction of sp³-hybridized carbons (Fsp3) is 0.0625. The molecule has 0 saturated heterocycles. The van der Waals surface area contributed by atoms with Crippen LogP contribution in [-0.2, 0) is 4.79 Å². The second-order valence-electron chi connectivity index (χ2n) is 4.71. The van der Waals surface area contributed by atoms with E-state index in [1.807, 2.05) is 0 Å². The van der Waals surface area contributed by atoms with Crippen LogP contribution in [0.25, 0.3) is 0 Å². The minimum atomic E-state index is -0.747. The maximum atomic E-state index is 12.8. The van der Waals surface area contributed by atoms with Crippen LogP contribution in [0.2, 0.25) is 0 Å². The zero-order chi connectivity index (χ0) is 15.7. The van der Waals surface area contributed by atoms with E-state index in [1.54, 1.807) is 0 Å². The van der Waals surface area contributed by atoms with Crippen molar-refractivity contribution in [1.82, 2.24) is 0 Å². The molecule has 110 valence electrons. The average Bonchev–Trinajstić information content (AvgIpc) is 2.53. The van der Waals surface area contributed by atoms with Crippen LogP contribution in [0.15, 0.2) is 42.5 Å². The standard InChI is InChI=1S/C16H10FNO4/c17-11-4-1-9(2-5-11)15(20)16(21)10-3-6-13-12(7-10)18-14(19)8-22-13/h1-7H,8H2,(H,18,19). The molecule has 0 atom stereocenters. The van der Waals surface area contributed by atoms with Crippen LogP contribution in [0.1, 0.15) is 20.7 Å². The Labute approximate surface area is 124 Å². The van der Waals surface area contributed by atoms with Crippen LogP contribution >= 0.6 is 0 Å². The Morgan fingerprint density at radius 3 is 2.36 bits per heavy atom. The van der Waals surface area contributed by atoms with E-state index in [9.17, 15) is 18.8 Å². The highest BCUT2D eigenvalue weighted by Gasteiger charge is 2.22. The highest BCUT2D eigenvalue weighted by molar-refractivity contribution is 6.49. The van der Waals surface area contributed by atoms with Gasteiger partial charge in [0.1, 0.15) is 11.6 Å². The van der Waals surface area contributed by atoms with Crippen LogP contribution < -0.4 is 10.1 Å². The molecule has 0 bridgehead atoms. The third kappa shape index (κ3) is 2.58. The molecular weight excluding hydrogens is 289 g/mol. The molecule has 1 heterocycles. The number of anilines is 1. The van der Waals surface area contributed by atoms with Crippen molar-refractivity contribution >= 4 is 23.2 Å². The summed E-state index contributed by atoms with van der Waals surface area (Å²) in [5.41, 5.74) is 0.567. The molecule has 0 aliphatic carbocycles. The van der Waals surface area contributed by atoms with Gasteiger partial charge in [-0.1, -0.05) is 0 Å². The molecule has 0 unspecified atom stereocenters. The molecule has 1 N–H and O–H groups in total. The number of fused-ring (bicyclic) bond motifs is 1. The van der Waals surface area contributed by atoms with Crippen molar-refractivity contribution in [3.63, 3.8) is 0 Å². The minimum Gasteiger partial charge on any atom is -0.482 e. The number of rotatable bonds is 3. The summed E-state index contributed by atoms with van der Waals surface area (Å²) in [7, 11) is 0. The number of hydrogen-bond donors (Lipinski definition) is 1. The van der Waals surface area contributed by atoms with Crippen LogP contribution in [-0.4, -0.2) is 24.1 Å². The van der Waals surface area contributed by atoms with Crippen LogP contribution in [0, 0.1) is 5.82 Å². The molecular formula is C16H10FNO4. The van der Waals surface area contributed by atoms with Crippen molar-refractivity contribution in [1.29, 1.82) is 0 Å². The van der Waals surface area contributed by atoms with Gasteiger partial charge in [-0.05, 0) is 42.5 Å². The van der Waals surface area contributed by atoms with Crippen molar-refractivity contribution in [2.24, 2.45) is 0 Å². The van der Waals surface area contributed by atoms with Crippen LogP contribution in [0.3, 0.4) is 0 Å². The van der Waals surface area contributed by atoms with Gasteiger partial charge in [0, 0.05) is 11.1 Å². The summed E-state index contributed by atoms with van der Waals surface area (Å²) < 4.78 is 18.0. The van der Waals surface area contributed by atoms with Crippen molar-refractivity contribution in [3.05, 3.63) is 59.4 Å². The van der Waals surface area contributed by atoms with E-state index in [4.69, 9.17) is 4.74 Å². The summed E-state index contributed by atoms with van der Waals surface area (Å²) in [6.45, 7) is -0.0885. The quantitative estimate of drug-likeness (QED) is 0.696. The Kier molecular flexibility index (Phi) is 3.42. The molecule has 6 heteroatoms. The van der Waals surface area contributed by atoms with Crippen molar-refractivity contribution < 1.29 is 23.5 Å². The summed E-state index contributed by atoms with van der Waals surface area (Å²) in [6.07, 6.45) is 0. The Morgan fingerprint density at radius 1 is 1.00 bits per heavy atom. The zero-order valence-corrected chi connectivity index (χ0v) is 11.3. The lowest BCUT2D eigenvalue weighted by molar-refractivity contribution is -0.118. The zero-order valence-electron chi connectivity index (χ0n) is 11.3. The van der Waals surface area contributed by atoms with Gasteiger partial charge in [0.15, 0.2) is 6.61 Å². The Bertz CT molecular complexity index is 783. The van der Waals surface area contributed by atoms with Gasteiger partial charge >= 0.3 is 0 Å². The SMILES string of the molecule is O=C1COc2ccc(C(=O)C(=O)c3ccc(F)cc3)cc2N1. The third-order valence-corrected chi connectivity index (χ3v) is 3.19. The first-order valence-electron chi connectivity index (χ1n) is 6.46. The number of carbonyl (C=O) groups excluding carboxylic acids is 3. The number of benzene rings is 2. The molecule has 3 rings (SSSR count). The molecule has 0 spiro atoms. The van der Waals surface area contributed by atoms with Crippen molar-refractivity contribution in [2.75, 3.05) is 11.9 Å². The largest absolute Gasteiger partial charge is 0.482 e. The predicted octanol–water partition coefficient (Wildman–Crippen LogP) is 2.22. The van der Waals surface area contributed by atoms with Gasteiger partial charge in [0.2, 0.25) is 11.6 Å². The minimum absolute atomic E-state index is 0.0885. The number of amides is 1. The summed E-state index contributed by atoms with van der Waals surface area (Å²) in [4.78, 5) is 35.6. The lowest BCUT2D eigenvalue weighted by atomic mass is 10.0. The highest BCUT2D eigenvalue weighted by atomic mass is 19.1. The third-order valence-electron chi connectivity index (χ3n) is 3.19. The van der Waals surface area contributed by atoms with E-state index in [2.05, 4.69) is 5.32 Å². The lowest BCUT2D eigenvalue weighted by Gasteiger charge is -2.18. The van der Waals surface area contributed by atoms with Crippen LogP contribution in [0.5, 0.6) is 5.75 Å². The van der Waals surface area contributed by atoms with E-state index < -0.39 is 17.4 Å². The monoisotopic (exact) mass is 299 g/mol. The summed E-state index contributed by atoms with van der Waals surface area (Å²) in [6, 6.07) is 9.07. The van der Waals surface area contributed by atoms with E-state index in [0.29, 0.717) is 11.4 Å². The molecule has 2 aromatic carbocycles. The number of hydrogen-bond acceptors (Lipinski definition) is 4. The van der Waals surface area contributed by atoms with E-state index in [1.165, 1.54) is 30.3 Å². The first-order chi connectivity index (χ1) is 10.5. The van der Waals surface area contributed by atoms with Crippen molar-refractivity contribution in [2.45, 2.75) is 0 Å². The summed E-state index contributed by atoms with van der Waals surface area (Å²) in [5, 5.41) is 2.56. The van der Waals surface area contributed by atoms with Gasteiger partial charge in [-0.15, -0.1) is 0 Å². The van der Waals surface area contributed by atoms with Gasteiger partial charge in [-0.25, -0.2) is 4.39 Å². The van der Waals surface area contributed by atoms with Gasteiger partial charge < -0.3 is 10.1 Å². The summed E-state index contributed by atoms with van der Waals surface area (Å²) >= 11 is 0. The molecule has 1 amide bonds. The second-order valence-corrected chi connectivity index (χ2v) is 4.71. The number of ether oxygens (including phenoxy) is 1. The molecule has 22 heavy (non-hydrogen) atoms. The first kappa shape index (κ1) is 13.9. The van der Waals surface area contributed by atoms with E-state index in [0.717, 1.165) is 12.1 Å². The van der Waals surface area contributed by atoms with Gasteiger partial charge in [-0.2, -0.15) is 0 Å². The molecule has 2 aromatic rings. The van der Waals surface area contributed by atoms with Gasteiger partial charge in [-0.3, -0.25) is 14.4 Å². The molecule has 0 aromatic heterocycles. The Morgan fingerprint density at radius 2 is 1.64 bits per heavy atom. The number of halogens is 1. The topological polar surface area (TPSA) is 72.5 Å². The van der Waals surface area contributed by atoms with E-state index in [-0.39, 0.29) is 23.6 Å². The molecule has 0 radical (unpaired) electrons. The maximum Gasteiger partial charge on any atom is 0.262 e. The predicted molar refractivity (Wildman–Crippen MR) is 75.6 cm³/mol. The first-order valence-corrected chi connectivity index (χ1v) is 6.46. The fourth-order valence-electron chi connectivity index (χ4n) is 2.09. The maximum absolute atomic E-state index is 12.8. The smallest absolute Gasteiger partial charge is 0.262 e. The molecule has 1 aliphatic rings. The Balaban J connectivity index is 1.89. The van der Waals surface area contributed by atoms with Gasteiger partial charge in [0.05, 0.1) is 5.69 Å². The molecule has 5 nitrogen and oxygen atoms in total. The van der Waals surface area contributed by atoms with E-state index >= 15 is 0 Å². The highest BCUT2D eigenvalue weighted by Crippen LogP contribution is 2.28. The number of nitrogens with one attached hydrogen (secondary N) is 1. The van der Waals surface area contributed by atoms with Crippen LogP contribution in [0.4, 0.5) is 10.1 Å². The lowest BCUT2D eigenvalue weighted by Crippen LogP contribution is -2.25. The van der Waals surface area contributed by atoms with Crippen molar-refractivity contribution in [3.8, 4) is 5.75 Å². The Hall–Kier alpha value is -3.02. The second kappa shape index (κ2) is 5.40. The normalized spacial score (nSPS) is 12.9. The molecule has 0 fully saturated rings. The van der Waals surface area contributed by atoms with Gasteiger partial charge in [0.25, 0.3) is 5.91 Å².